The maximum atomic E-state index is 6.15. The van der Waals surface area contributed by atoms with Crippen LogP contribution in [-0.4, -0.2) is 11.7 Å². The first-order valence-electron chi connectivity index (χ1n) is 9.86. The maximum absolute atomic E-state index is 6.15. The van der Waals surface area contributed by atoms with Crippen molar-refractivity contribution < 1.29 is 4.74 Å². The molecule has 0 aliphatic heterocycles. The molecule has 1 heterocycles. The lowest BCUT2D eigenvalue weighted by Gasteiger charge is -2.12. The van der Waals surface area contributed by atoms with E-state index < -0.39 is 0 Å². The molecule has 4 aromatic rings. The van der Waals surface area contributed by atoms with Crippen molar-refractivity contribution in [2.45, 2.75) is 19.9 Å². The highest BCUT2D eigenvalue weighted by Gasteiger charge is 2.19. The van der Waals surface area contributed by atoms with Crippen molar-refractivity contribution in [3.05, 3.63) is 101 Å². The average molecular weight is 402 g/mol. The largest absolute Gasteiger partial charge is 0.497 e. The van der Waals surface area contributed by atoms with Gasteiger partial charge in [-0.3, -0.25) is 0 Å². The zero-order valence-corrected chi connectivity index (χ0v) is 17.5. The molecule has 0 saturated heterocycles. The monoisotopic (exact) mass is 401 g/mol. The molecule has 0 N–H and O–H groups in total. The van der Waals surface area contributed by atoms with Crippen LogP contribution in [0.3, 0.4) is 0 Å². The Balaban J connectivity index is 1.89. The minimum Gasteiger partial charge on any atom is -0.497 e. The summed E-state index contributed by atoms with van der Waals surface area (Å²) in [5.74, 6) is 0.886. The summed E-state index contributed by atoms with van der Waals surface area (Å²) in [5.41, 5.74) is 7.44. The topological polar surface area (TPSA) is 14.2 Å². The first-order chi connectivity index (χ1) is 14.2. The fourth-order valence-electron chi connectivity index (χ4n) is 3.84. The number of methoxy groups -OCH3 is 1. The second-order valence-corrected chi connectivity index (χ2v) is 7.50. The van der Waals surface area contributed by atoms with Crippen LogP contribution in [0.1, 0.15) is 18.1 Å². The fraction of sp³-hybridized carbons (Fsp3) is 0.154. The third-order valence-corrected chi connectivity index (χ3v) is 5.46. The lowest BCUT2D eigenvalue weighted by atomic mass is 9.94. The van der Waals surface area contributed by atoms with E-state index in [4.69, 9.17) is 16.3 Å². The Bertz CT molecular complexity index is 1100. The highest BCUT2D eigenvalue weighted by Crippen LogP contribution is 2.38. The van der Waals surface area contributed by atoms with Gasteiger partial charge in [0.1, 0.15) is 5.75 Å². The van der Waals surface area contributed by atoms with E-state index in [9.17, 15) is 0 Å². The van der Waals surface area contributed by atoms with Crippen LogP contribution in [0.4, 0.5) is 0 Å². The van der Waals surface area contributed by atoms with Crippen LogP contribution in [0, 0.1) is 0 Å². The molecule has 4 rings (SSSR count). The Morgan fingerprint density at radius 3 is 2.31 bits per heavy atom. The molecule has 0 aliphatic carbocycles. The third-order valence-electron chi connectivity index (χ3n) is 5.21. The zero-order valence-electron chi connectivity index (χ0n) is 16.7. The molecular weight excluding hydrogens is 378 g/mol. The van der Waals surface area contributed by atoms with Gasteiger partial charge in [0.2, 0.25) is 0 Å². The van der Waals surface area contributed by atoms with Crippen molar-refractivity contribution in [3.8, 4) is 28.1 Å². The summed E-state index contributed by atoms with van der Waals surface area (Å²) in [6.07, 6.45) is 3.13. The van der Waals surface area contributed by atoms with Crippen LogP contribution in [0.2, 0.25) is 5.02 Å². The van der Waals surface area contributed by atoms with Gasteiger partial charge in [0, 0.05) is 23.3 Å². The van der Waals surface area contributed by atoms with Gasteiger partial charge in [0.25, 0.3) is 0 Å². The van der Waals surface area contributed by atoms with Gasteiger partial charge in [-0.2, -0.15) is 0 Å². The first-order valence-corrected chi connectivity index (χ1v) is 10.2. The van der Waals surface area contributed by atoms with Crippen LogP contribution < -0.4 is 4.74 Å². The Morgan fingerprint density at radius 2 is 1.62 bits per heavy atom. The normalized spacial score (nSPS) is 10.9. The number of ether oxygens (including phenoxy) is 1. The number of rotatable bonds is 6. The van der Waals surface area contributed by atoms with Gasteiger partial charge in [0.05, 0.1) is 12.8 Å². The molecular formula is C26H24ClNO. The van der Waals surface area contributed by atoms with E-state index in [1.807, 2.05) is 24.3 Å². The molecule has 0 unspecified atom stereocenters. The summed E-state index contributed by atoms with van der Waals surface area (Å²) in [6, 6.07) is 27.0. The average Bonchev–Trinajstić information content (AvgIpc) is 3.13. The van der Waals surface area contributed by atoms with Crippen molar-refractivity contribution in [2.24, 2.45) is 0 Å². The van der Waals surface area contributed by atoms with Gasteiger partial charge >= 0.3 is 0 Å². The highest BCUT2D eigenvalue weighted by molar-refractivity contribution is 6.30. The number of hydrogen-bond acceptors (Lipinski definition) is 1. The molecule has 0 saturated carbocycles. The lowest BCUT2D eigenvalue weighted by molar-refractivity contribution is 0.414. The minimum atomic E-state index is 0.751. The van der Waals surface area contributed by atoms with E-state index in [-0.39, 0.29) is 0 Å². The molecule has 0 aliphatic rings. The second-order valence-electron chi connectivity index (χ2n) is 7.07. The van der Waals surface area contributed by atoms with Crippen molar-refractivity contribution in [3.63, 3.8) is 0 Å². The SMILES string of the molecule is CCn1cc(Cc2cccc(OC)c2)c(-c2ccccc2)c1-c1ccc(Cl)cc1. The number of nitrogens with zero attached hydrogens (tertiary/aromatic N) is 1. The zero-order chi connectivity index (χ0) is 20.2. The van der Waals surface area contributed by atoms with Crippen molar-refractivity contribution >= 4 is 11.6 Å². The number of benzene rings is 3. The molecule has 3 aromatic carbocycles. The Kier molecular flexibility index (Phi) is 5.73. The highest BCUT2D eigenvalue weighted by atomic mass is 35.5. The van der Waals surface area contributed by atoms with Crippen molar-refractivity contribution in [1.29, 1.82) is 0 Å². The van der Waals surface area contributed by atoms with Crippen LogP contribution >= 0.6 is 11.6 Å². The second kappa shape index (κ2) is 8.59. The number of halogens is 1. The Labute approximate surface area is 177 Å². The summed E-state index contributed by atoms with van der Waals surface area (Å²) in [6.45, 7) is 3.08. The van der Waals surface area contributed by atoms with E-state index in [1.54, 1.807) is 7.11 Å². The van der Waals surface area contributed by atoms with E-state index in [1.165, 1.54) is 33.5 Å². The van der Waals surface area contributed by atoms with E-state index in [0.717, 1.165) is 23.7 Å². The molecule has 146 valence electrons. The van der Waals surface area contributed by atoms with Gasteiger partial charge in [-0.05, 0) is 59.9 Å². The van der Waals surface area contributed by atoms with Crippen LogP contribution in [0.25, 0.3) is 22.4 Å². The Morgan fingerprint density at radius 1 is 0.862 bits per heavy atom. The third kappa shape index (κ3) is 4.08. The van der Waals surface area contributed by atoms with Gasteiger partial charge in [-0.25, -0.2) is 0 Å². The number of aromatic nitrogens is 1. The minimum absolute atomic E-state index is 0.751. The predicted octanol–water partition coefficient (Wildman–Crippen LogP) is 7.09. The number of hydrogen-bond donors (Lipinski definition) is 0. The molecule has 1 aromatic heterocycles. The van der Waals surface area contributed by atoms with Crippen LogP contribution in [-0.2, 0) is 13.0 Å². The summed E-state index contributed by atoms with van der Waals surface area (Å²) in [5, 5.41) is 0.751. The molecule has 0 amide bonds. The smallest absolute Gasteiger partial charge is 0.119 e. The molecule has 2 nitrogen and oxygen atoms in total. The van der Waals surface area contributed by atoms with Gasteiger partial charge in [0.15, 0.2) is 0 Å². The van der Waals surface area contributed by atoms with Crippen LogP contribution in [0.15, 0.2) is 85.1 Å². The summed E-state index contributed by atoms with van der Waals surface area (Å²) >= 11 is 6.15. The summed E-state index contributed by atoms with van der Waals surface area (Å²) < 4.78 is 7.75. The number of aryl methyl sites for hydroxylation is 1. The van der Waals surface area contributed by atoms with Crippen molar-refractivity contribution in [1.82, 2.24) is 4.57 Å². The van der Waals surface area contributed by atoms with Gasteiger partial charge in [-0.15, -0.1) is 0 Å². The van der Waals surface area contributed by atoms with Crippen LogP contribution in [0.5, 0.6) is 5.75 Å². The molecule has 0 fully saturated rings. The van der Waals surface area contributed by atoms with E-state index in [0.29, 0.717) is 0 Å². The Hall–Kier alpha value is -2.97. The quantitative estimate of drug-likeness (QED) is 0.336. The fourth-order valence-corrected chi connectivity index (χ4v) is 3.97. The molecule has 3 heteroatoms. The molecule has 0 bridgehead atoms. The van der Waals surface area contributed by atoms with Gasteiger partial charge in [-0.1, -0.05) is 66.2 Å². The van der Waals surface area contributed by atoms with Gasteiger partial charge < -0.3 is 9.30 Å². The standard InChI is InChI=1S/C26H24ClNO/c1-3-28-18-22(16-19-8-7-11-24(17-19)29-2)25(20-9-5-4-6-10-20)26(28)21-12-14-23(27)15-13-21/h4-15,17-18H,3,16H2,1-2H3. The predicted molar refractivity (Wildman–Crippen MR) is 122 cm³/mol. The molecule has 29 heavy (non-hydrogen) atoms. The molecule has 0 radical (unpaired) electrons. The van der Waals surface area contributed by atoms with E-state index in [2.05, 4.69) is 72.3 Å². The lowest BCUT2D eigenvalue weighted by Crippen LogP contribution is -1.96. The molecule has 0 atom stereocenters. The van der Waals surface area contributed by atoms with Crippen molar-refractivity contribution in [2.75, 3.05) is 7.11 Å². The molecule has 0 spiro atoms. The maximum Gasteiger partial charge on any atom is 0.119 e. The summed E-state index contributed by atoms with van der Waals surface area (Å²) in [4.78, 5) is 0. The first kappa shape index (κ1) is 19.4. The van der Waals surface area contributed by atoms with E-state index >= 15 is 0 Å². The summed E-state index contributed by atoms with van der Waals surface area (Å²) in [7, 11) is 1.71.